The van der Waals surface area contributed by atoms with Gasteiger partial charge in [-0.05, 0) is 26.0 Å². The molecule has 22 heavy (non-hydrogen) atoms. The van der Waals surface area contributed by atoms with Gasteiger partial charge in [-0.1, -0.05) is 0 Å². The van der Waals surface area contributed by atoms with Gasteiger partial charge in [-0.2, -0.15) is 0 Å². The third kappa shape index (κ3) is 1.89. The molecule has 2 rings (SSSR count). The molecule has 2 heterocycles. The van der Waals surface area contributed by atoms with Crippen LogP contribution in [0.3, 0.4) is 0 Å². The molecule has 0 bridgehead atoms. The second-order valence-electron chi connectivity index (χ2n) is 4.54. The number of rotatable bonds is 5. The molecule has 0 amide bonds. The van der Waals surface area contributed by atoms with Crippen molar-refractivity contribution in [1.29, 1.82) is 0 Å². The summed E-state index contributed by atoms with van der Waals surface area (Å²) in [5, 5.41) is 11.4. The van der Waals surface area contributed by atoms with Crippen LogP contribution < -0.4 is 0 Å². The molecule has 9 nitrogen and oxygen atoms in total. The lowest BCUT2D eigenvalue weighted by Gasteiger charge is -2.24. The van der Waals surface area contributed by atoms with Gasteiger partial charge in [-0.3, -0.25) is 29.1 Å². The third-order valence-electron chi connectivity index (χ3n) is 3.44. The molecule has 1 unspecified atom stereocenters. The molecule has 9 heteroatoms. The van der Waals surface area contributed by atoms with Gasteiger partial charge in [0.15, 0.2) is 0 Å². The SMILES string of the molecule is CCOC(=O)C1(C(=O)OCC)c2cccn2C(=O)C1[N+](=O)[O-]. The van der Waals surface area contributed by atoms with Crippen molar-refractivity contribution in [2.45, 2.75) is 25.3 Å². The standard InChI is InChI=1S/C13H14N2O7/c1-3-21-11(17)13(12(18)22-4-2)8-6-5-7-14(8)10(16)9(13)15(19)20/h5-7,9H,3-4H2,1-2H3. The van der Waals surface area contributed by atoms with E-state index in [9.17, 15) is 24.5 Å². The Morgan fingerprint density at radius 3 is 2.32 bits per heavy atom. The van der Waals surface area contributed by atoms with Gasteiger partial charge in [0.25, 0.3) is 5.41 Å². The Morgan fingerprint density at radius 1 is 1.32 bits per heavy atom. The number of nitro groups is 1. The molecular weight excluding hydrogens is 296 g/mol. The Kier molecular flexibility index (Phi) is 3.98. The van der Waals surface area contributed by atoms with Crippen LogP contribution in [-0.4, -0.2) is 46.6 Å². The predicted octanol–water partition coefficient (Wildman–Crippen LogP) is 0.151. The lowest BCUT2D eigenvalue weighted by Crippen LogP contribution is -2.56. The molecule has 1 aromatic rings. The fourth-order valence-electron chi connectivity index (χ4n) is 2.61. The number of nitrogens with zero attached hydrogens (tertiary/aromatic N) is 2. The van der Waals surface area contributed by atoms with Crippen molar-refractivity contribution in [1.82, 2.24) is 4.57 Å². The van der Waals surface area contributed by atoms with Crippen LogP contribution in [0.2, 0.25) is 0 Å². The van der Waals surface area contributed by atoms with Crippen molar-refractivity contribution in [3.05, 3.63) is 34.1 Å². The van der Waals surface area contributed by atoms with E-state index in [0.29, 0.717) is 0 Å². The quantitative estimate of drug-likeness (QED) is 0.329. The largest absolute Gasteiger partial charge is 0.465 e. The molecule has 1 aliphatic heterocycles. The van der Waals surface area contributed by atoms with E-state index in [4.69, 9.17) is 9.47 Å². The maximum atomic E-state index is 12.4. The van der Waals surface area contributed by atoms with Crippen LogP contribution in [0.1, 0.15) is 24.3 Å². The number of hydrogen-bond donors (Lipinski definition) is 0. The van der Waals surface area contributed by atoms with Crippen LogP contribution in [0.4, 0.5) is 0 Å². The molecule has 0 spiro atoms. The molecular formula is C13H14N2O7. The van der Waals surface area contributed by atoms with Gasteiger partial charge in [0.2, 0.25) is 0 Å². The molecule has 0 N–H and O–H groups in total. The summed E-state index contributed by atoms with van der Waals surface area (Å²) >= 11 is 0. The first-order valence-corrected chi connectivity index (χ1v) is 6.62. The number of hydrogen-bond acceptors (Lipinski definition) is 7. The molecule has 0 aliphatic carbocycles. The van der Waals surface area contributed by atoms with Crippen molar-refractivity contribution in [2.75, 3.05) is 13.2 Å². The van der Waals surface area contributed by atoms with E-state index in [1.54, 1.807) is 0 Å². The summed E-state index contributed by atoms with van der Waals surface area (Å²) in [7, 11) is 0. The number of carbonyl (C=O) groups is 3. The minimum atomic E-state index is -2.42. The first kappa shape index (κ1) is 15.7. The molecule has 1 aromatic heterocycles. The molecule has 0 saturated heterocycles. The summed E-state index contributed by atoms with van der Waals surface area (Å²) in [6.07, 6.45) is 1.26. The van der Waals surface area contributed by atoms with Gasteiger partial charge in [-0.15, -0.1) is 0 Å². The highest BCUT2D eigenvalue weighted by Crippen LogP contribution is 2.39. The van der Waals surface area contributed by atoms with Crippen molar-refractivity contribution in [3.63, 3.8) is 0 Å². The third-order valence-corrected chi connectivity index (χ3v) is 3.44. The average Bonchev–Trinajstić information content (AvgIpc) is 3.00. The molecule has 118 valence electrons. The Morgan fingerprint density at radius 2 is 1.86 bits per heavy atom. The topological polar surface area (TPSA) is 118 Å². The Labute approximate surface area is 124 Å². The lowest BCUT2D eigenvalue weighted by atomic mass is 9.79. The zero-order chi connectivity index (χ0) is 16.5. The number of esters is 2. The van der Waals surface area contributed by atoms with Gasteiger partial charge in [0.1, 0.15) is 0 Å². The molecule has 0 aromatic carbocycles. The second kappa shape index (κ2) is 5.58. The van der Waals surface area contributed by atoms with Gasteiger partial charge in [0.05, 0.1) is 18.9 Å². The smallest absolute Gasteiger partial charge is 0.337 e. The summed E-state index contributed by atoms with van der Waals surface area (Å²) < 4.78 is 10.6. The van der Waals surface area contributed by atoms with E-state index >= 15 is 0 Å². The molecule has 1 aliphatic rings. The van der Waals surface area contributed by atoms with Crippen molar-refractivity contribution in [3.8, 4) is 0 Å². The van der Waals surface area contributed by atoms with Gasteiger partial charge >= 0.3 is 23.9 Å². The lowest BCUT2D eigenvalue weighted by molar-refractivity contribution is -0.511. The highest BCUT2D eigenvalue weighted by atomic mass is 16.6. The van der Waals surface area contributed by atoms with E-state index < -0.39 is 34.2 Å². The highest BCUT2D eigenvalue weighted by molar-refractivity contribution is 6.14. The zero-order valence-electron chi connectivity index (χ0n) is 12.0. The summed E-state index contributed by atoms with van der Waals surface area (Å²) in [5.74, 6) is -3.31. The number of aromatic nitrogens is 1. The second-order valence-corrected chi connectivity index (χ2v) is 4.54. The fourth-order valence-corrected chi connectivity index (χ4v) is 2.61. The summed E-state index contributed by atoms with van der Waals surface area (Å²) in [6, 6.07) is 0.605. The van der Waals surface area contributed by atoms with E-state index in [-0.39, 0.29) is 18.9 Å². The fraction of sp³-hybridized carbons (Fsp3) is 0.462. The van der Waals surface area contributed by atoms with Crippen molar-refractivity contribution >= 4 is 17.8 Å². The van der Waals surface area contributed by atoms with Crippen LogP contribution in [0.25, 0.3) is 0 Å². The van der Waals surface area contributed by atoms with Crippen LogP contribution in [0.5, 0.6) is 0 Å². The van der Waals surface area contributed by atoms with Gasteiger partial charge < -0.3 is 9.47 Å². The summed E-state index contributed by atoms with van der Waals surface area (Å²) in [5.41, 5.74) is -2.54. The summed E-state index contributed by atoms with van der Waals surface area (Å²) in [6.45, 7) is 2.79. The van der Waals surface area contributed by atoms with Gasteiger partial charge in [-0.25, -0.2) is 0 Å². The molecule has 0 saturated carbocycles. The van der Waals surface area contributed by atoms with E-state index in [0.717, 1.165) is 4.57 Å². The Balaban J connectivity index is 2.73. The van der Waals surface area contributed by atoms with Crippen molar-refractivity contribution in [2.24, 2.45) is 0 Å². The van der Waals surface area contributed by atoms with Crippen LogP contribution in [0.15, 0.2) is 18.3 Å². The van der Waals surface area contributed by atoms with E-state index in [1.165, 1.54) is 32.2 Å². The summed E-state index contributed by atoms with van der Waals surface area (Å²) in [4.78, 5) is 47.5. The molecule has 0 radical (unpaired) electrons. The van der Waals surface area contributed by atoms with E-state index in [2.05, 4.69) is 0 Å². The normalized spacial score (nSPS) is 18.6. The predicted molar refractivity (Wildman–Crippen MR) is 70.8 cm³/mol. The van der Waals surface area contributed by atoms with Crippen molar-refractivity contribution < 1.29 is 28.8 Å². The maximum absolute atomic E-state index is 12.4. The Bertz CT molecular complexity index is 631. The van der Waals surface area contributed by atoms with Crippen LogP contribution in [-0.2, 0) is 24.5 Å². The van der Waals surface area contributed by atoms with E-state index in [1.807, 2.05) is 0 Å². The number of ether oxygens (including phenoxy) is 2. The molecule has 0 fully saturated rings. The first-order chi connectivity index (χ1) is 10.4. The van der Waals surface area contributed by atoms with Crippen LogP contribution in [0, 0.1) is 10.1 Å². The average molecular weight is 310 g/mol. The maximum Gasteiger partial charge on any atom is 0.337 e. The highest BCUT2D eigenvalue weighted by Gasteiger charge is 2.72. The first-order valence-electron chi connectivity index (χ1n) is 6.62. The molecule has 1 atom stereocenters. The zero-order valence-corrected chi connectivity index (χ0v) is 12.0. The number of carbonyl (C=O) groups excluding carboxylic acids is 3. The minimum absolute atomic E-state index is 0.0979. The monoisotopic (exact) mass is 310 g/mol. The van der Waals surface area contributed by atoms with Gasteiger partial charge in [0, 0.05) is 11.1 Å². The minimum Gasteiger partial charge on any atom is -0.465 e. The Hall–Kier alpha value is -2.71. The van der Waals surface area contributed by atoms with Crippen LogP contribution >= 0.6 is 0 Å². The number of fused-ring (bicyclic) bond motifs is 1.